The first-order valence-electron chi connectivity index (χ1n) is 2.80. The summed E-state index contributed by atoms with van der Waals surface area (Å²) in [5.74, 6) is 0. The fourth-order valence-corrected chi connectivity index (χ4v) is 0.418. The predicted molar refractivity (Wildman–Crippen MR) is 40.4 cm³/mol. The van der Waals surface area contributed by atoms with Gasteiger partial charge in [0.25, 0.3) is 0 Å². The monoisotopic (exact) mass is 193 g/mol. The van der Waals surface area contributed by atoms with E-state index < -0.39 is 7.82 Å². The average Bonchev–Trinajstić information content (AvgIpc) is 2.33. The van der Waals surface area contributed by atoms with E-state index in [0.29, 0.717) is 5.69 Å². The standard InChI is InChI=1S/C5H5NO.H3O4P/c7-4-5-2-1-3-6-5;1-5(2,3)4/h1-4,6H;(H3,1,2,3,4). The molecule has 0 amide bonds. The summed E-state index contributed by atoms with van der Waals surface area (Å²) in [5, 5.41) is 0. The van der Waals surface area contributed by atoms with Crippen LogP contribution in [-0.4, -0.2) is 26.0 Å². The van der Waals surface area contributed by atoms with Gasteiger partial charge in [-0.05, 0) is 12.1 Å². The van der Waals surface area contributed by atoms with Gasteiger partial charge in [0.15, 0.2) is 6.29 Å². The summed E-state index contributed by atoms with van der Waals surface area (Å²) < 4.78 is 8.88. The van der Waals surface area contributed by atoms with E-state index in [4.69, 9.17) is 19.2 Å². The van der Waals surface area contributed by atoms with Gasteiger partial charge in [0.1, 0.15) is 0 Å². The molecule has 1 aromatic heterocycles. The molecule has 4 N–H and O–H groups in total. The summed E-state index contributed by atoms with van der Waals surface area (Å²) in [6.07, 6.45) is 2.49. The molecule has 1 aromatic rings. The second kappa shape index (κ2) is 4.84. The number of hydrogen-bond donors (Lipinski definition) is 4. The molecule has 0 aliphatic rings. The molecule has 12 heavy (non-hydrogen) atoms. The second-order valence-corrected chi connectivity index (χ2v) is 2.78. The molecule has 0 aliphatic heterocycles. The van der Waals surface area contributed by atoms with Gasteiger partial charge in [0.2, 0.25) is 0 Å². The van der Waals surface area contributed by atoms with Crippen LogP contribution in [0, 0.1) is 0 Å². The van der Waals surface area contributed by atoms with Gasteiger partial charge >= 0.3 is 7.82 Å². The normalized spacial score (nSPS) is 9.92. The Hall–Kier alpha value is -0.940. The quantitative estimate of drug-likeness (QED) is 0.367. The van der Waals surface area contributed by atoms with Crippen molar-refractivity contribution in [3.8, 4) is 0 Å². The van der Waals surface area contributed by atoms with Crippen LogP contribution in [-0.2, 0) is 4.57 Å². The number of carbonyl (C=O) groups excluding carboxylic acids is 1. The first-order chi connectivity index (χ1) is 5.43. The van der Waals surface area contributed by atoms with Crippen molar-refractivity contribution >= 4 is 14.1 Å². The Labute approximate surface area is 68.1 Å². The molecule has 7 heteroatoms. The maximum Gasteiger partial charge on any atom is 0.466 e. The zero-order valence-corrected chi connectivity index (χ0v) is 6.81. The molecule has 0 bridgehead atoms. The molecule has 68 valence electrons. The molecule has 6 nitrogen and oxygen atoms in total. The minimum absolute atomic E-state index is 0.625. The second-order valence-electron chi connectivity index (χ2n) is 1.76. The van der Waals surface area contributed by atoms with Crippen molar-refractivity contribution in [2.24, 2.45) is 0 Å². The summed E-state index contributed by atoms with van der Waals surface area (Å²) in [7, 11) is -4.64. The van der Waals surface area contributed by atoms with Gasteiger partial charge in [-0.2, -0.15) is 0 Å². The lowest BCUT2D eigenvalue weighted by Gasteiger charge is -1.82. The van der Waals surface area contributed by atoms with Gasteiger partial charge < -0.3 is 19.7 Å². The Morgan fingerprint density at radius 3 is 2.08 bits per heavy atom. The van der Waals surface area contributed by atoms with Gasteiger partial charge in [-0.3, -0.25) is 4.79 Å². The maximum atomic E-state index is 9.84. The van der Waals surface area contributed by atoms with Crippen molar-refractivity contribution in [2.45, 2.75) is 0 Å². The Bertz CT molecular complexity index is 255. The fraction of sp³-hybridized carbons (Fsp3) is 0. The Balaban J connectivity index is 0.000000217. The highest BCUT2D eigenvalue weighted by Crippen LogP contribution is 2.25. The van der Waals surface area contributed by atoms with E-state index in [-0.39, 0.29) is 0 Å². The Morgan fingerprint density at radius 1 is 1.42 bits per heavy atom. The predicted octanol–water partition coefficient (Wildman–Crippen LogP) is -0.101. The number of aromatic nitrogens is 1. The highest BCUT2D eigenvalue weighted by molar-refractivity contribution is 7.45. The molecular weight excluding hydrogens is 185 g/mol. The third kappa shape index (κ3) is 9.06. The van der Waals surface area contributed by atoms with E-state index in [1.807, 2.05) is 0 Å². The maximum absolute atomic E-state index is 9.84. The highest BCUT2D eigenvalue weighted by Gasteiger charge is 2.00. The number of aldehydes is 1. The van der Waals surface area contributed by atoms with Gasteiger partial charge in [0.05, 0.1) is 5.69 Å². The molecule has 0 aromatic carbocycles. The molecule has 1 rings (SSSR count). The summed E-state index contributed by atoms with van der Waals surface area (Å²) in [6, 6.07) is 3.50. The van der Waals surface area contributed by atoms with Crippen LogP contribution in [0.1, 0.15) is 10.5 Å². The summed E-state index contributed by atoms with van der Waals surface area (Å²) in [4.78, 5) is 34.1. The molecule has 0 radical (unpaired) electrons. The van der Waals surface area contributed by atoms with E-state index in [1.54, 1.807) is 18.3 Å². The number of nitrogens with one attached hydrogen (secondary N) is 1. The molecule has 0 spiro atoms. The largest absolute Gasteiger partial charge is 0.466 e. The highest BCUT2D eigenvalue weighted by atomic mass is 31.2. The van der Waals surface area contributed by atoms with Crippen molar-refractivity contribution < 1.29 is 24.0 Å². The lowest BCUT2D eigenvalue weighted by molar-refractivity contribution is 0.111. The van der Waals surface area contributed by atoms with Crippen LogP contribution in [0.3, 0.4) is 0 Å². The van der Waals surface area contributed by atoms with E-state index in [0.717, 1.165) is 6.29 Å². The minimum atomic E-state index is -4.64. The molecule has 0 fully saturated rings. The number of rotatable bonds is 1. The van der Waals surface area contributed by atoms with Crippen molar-refractivity contribution in [1.29, 1.82) is 0 Å². The number of hydrogen-bond acceptors (Lipinski definition) is 2. The lowest BCUT2D eigenvalue weighted by Crippen LogP contribution is -1.72. The third-order valence-electron chi connectivity index (χ3n) is 0.749. The first kappa shape index (κ1) is 11.1. The van der Waals surface area contributed by atoms with Crippen LogP contribution in [0.2, 0.25) is 0 Å². The minimum Gasteiger partial charge on any atom is -0.359 e. The first-order valence-corrected chi connectivity index (χ1v) is 4.37. The van der Waals surface area contributed by atoms with Gasteiger partial charge in [-0.15, -0.1) is 0 Å². The topological polar surface area (TPSA) is 111 Å². The van der Waals surface area contributed by atoms with Gasteiger partial charge in [-0.25, -0.2) is 4.57 Å². The van der Waals surface area contributed by atoms with Crippen molar-refractivity contribution in [1.82, 2.24) is 4.98 Å². The van der Waals surface area contributed by atoms with Crippen LogP contribution in [0.5, 0.6) is 0 Å². The zero-order valence-electron chi connectivity index (χ0n) is 5.91. The SMILES string of the molecule is O=Cc1ccc[nH]1.O=P(O)(O)O. The number of H-pyrrole nitrogens is 1. The molecule has 0 saturated carbocycles. The van der Waals surface area contributed by atoms with Crippen molar-refractivity contribution in [3.63, 3.8) is 0 Å². The molecule has 0 saturated heterocycles. The van der Waals surface area contributed by atoms with Gasteiger partial charge in [0, 0.05) is 6.20 Å². The summed E-state index contributed by atoms with van der Waals surface area (Å²) in [5.41, 5.74) is 0.625. The van der Waals surface area contributed by atoms with Crippen LogP contribution >= 0.6 is 7.82 Å². The molecular formula is C5H8NO5P. The number of phosphoric acid groups is 1. The zero-order chi connectivity index (χ0) is 9.61. The van der Waals surface area contributed by atoms with Crippen LogP contribution in [0.15, 0.2) is 18.3 Å². The van der Waals surface area contributed by atoms with Crippen LogP contribution in [0.25, 0.3) is 0 Å². The third-order valence-corrected chi connectivity index (χ3v) is 0.749. The van der Waals surface area contributed by atoms with Gasteiger partial charge in [-0.1, -0.05) is 0 Å². The number of aromatic amines is 1. The fourth-order valence-electron chi connectivity index (χ4n) is 0.418. The van der Waals surface area contributed by atoms with Crippen LogP contribution < -0.4 is 0 Å². The lowest BCUT2D eigenvalue weighted by atomic mass is 10.5. The molecule has 0 atom stereocenters. The van der Waals surface area contributed by atoms with E-state index >= 15 is 0 Å². The number of carbonyl (C=O) groups is 1. The van der Waals surface area contributed by atoms with Crippen LogP contribution in [0.4, 0.5) is 0 Å². The Morgan fingerprint density at radius 2 is 1.92 bits per heavy atom. The summed E-state index contributed by atoms with van der Waals surface area (Å²) in [6.45, 7) is 0. The molecule has 0 aliphatic carbocycles. The smallest absolute Gasteiger partial charge is 0.359 e. The van der Waals surface area contributed by atoms with E-state index in [2.05, 4.69) is 4.98 Å². The molecule has 0 unspecified atom stereocenters. The molecule has 1 heterocycles. The average molecular weight is 193 g/mol. The Kier molecular flexibility index (Phi) is 4.46. The van der Waals surface area contributed by atoms with Crippen molar-refractivity contribution in [2.75, 3.05) is 0 Å². The van der Waals surface area contributed by atoms with E-state index in [9.17, 15) is 4.79 Å². The van der Waals surface area contributed by atoms with Crippen molar-refractivity contribution in [3.05, 3.63) is 24.0 Å². The van der Waals surface area contributed by atoms with E-state index in [1.165, 1.54) is 0 Å². The summed E-state index contributed by atoms with van der Waals surface area (Å²) >= 11 is 0.